The Kier molecular flexibility index (Phi) is 4.26. The third-order valence-electron chi connectivity index (χ3n) is 4.81. The van der Waals surface area contributed by atoms with Crippen molar-refractivity contribution >= 4 is 10.8 Å². The normalized spacial score (nSPS) is 11.0. The minimum Gasteiger partial charge on any atom is -0.206 e. The molecular weight excluding hydrogens is 326 g/mol. The lowest BCUT2D eigenvalue weighted by Gasteiger charge is -2.10. The number of fused-ring (bicyclic) bond motifs is 1. The van der Waals surface area contributed by atoms with Gasteiger partial charge in [-0.2, -0.15) is 0 Å². The van der Waals surface area contributed by atoms with Crippen LogP contribution >= 0.6 is 0 Å². The highest BCUT2D eigenvalue weighted by Gasteiger charge is 2.11. The summed E-state index contributed by atoms with van der Waals surface area (Å²) < 4.78 is 29.0. The van der Waals surface area contributed by atoms with Crippen LogP contribution in [-0.4, -0.2) is 0 Å². The highest BCUT2D eigenvalue weighted by atomic mass is 19.1. The summed E-state index contributed by atoms with van der Waals surface area (Å²) in [6.07, 6.45) is 0.927. The molecule has 0 nitrogen and oxygen atoms in total. The lowest BCUT2D eigenvalue weighted by atomic mass is 9.96. The lowest BCUT2D eigenvalue weighted by molar-refractivity contribution is 0.631. The number of rotatable bonds is 3. The highest BCUT2D eigenvalue weighted by Crippen LogP contribution is 2.31. The van der Waals surface area contributed by atoms with Crippen molar-refractivity contribution in [3.63, 3.8) is 0 Å². The third-order valence-corrected chi connectivity index (χ3v) is 4.81. The van der Waals surface area contributed by atoms with Gasteiger partial charge in [-0.05, 0) is 34.6 Å². The molecular formula is C24H18F2. The van der Waals surface area contributed by atoms with Crippen LogP contribution in [0.3, 0.4) is 0 Å². The Morgan fingerprint density at radius 1 is 0.692 bits per heavy atom. The predicted octanol–water partition coefficient (Wildman–Crippen LogP) is 7.01. The van der Waals surface area contributed by atoms with Gasteiger partial charge >= 0.3 is 0 Å². The molecule has 0 N–H and O–H groups in total. The van der Waals surface area contributed by atoms with E-state index in [0.717, 1.165) is 22.9 Å². The molecule has 0 unspecified atom stereocenters. The third kappa shape index (κ3) is 2.88. The van der Waals surface area contributed by atoms with E-state index in [9.17, 15) is 4.39 Å². The average Bonchev–Trinajstić information content (AvgIpc) is 2.69. The second-order valence-electron chi connectivity index (χ2n) is 6.39. The van der Waals surface area contributed by atoms with Crippen molar-refractivity contribution in [2.45, 2.75) is 13.3 Å². The van der Waals surface area contributed by atoms with Gasteiger partial charge in [0.05, 0.1) is 0 Å². The van der Waals surface area contributed by atoms with E-state index in [1.54, 1.807) is 18.2 Å². The Labute approximate surface area is 151 Å². The number of hydrogen-bond donors (Lipinski definition) is 0. The van der Waals surface area contributed by atoms with Crippen molar-refractivity contribution in [3.8, 4) is 22.3 Å². The monoisotopic (exact) mass is 344 g/mol. The zero-order valence-corrected chi connectivity index (χ0v) is 14.5. The van der Waals surface area contributed by atoms with Gasteiger partial charge < -0.3 is 0 Å². The van der Waals surface area contributed by atoms with Gasteiger partial charge in [-0.25, -0.2) is 8.78 Å². The van der Waals surface area contributed by atoms with Gasteiger partial charge in [-0.1, -0.05) is 79.7 Å². The van der Waals surface area contributed by atoms with E-state index >= 15 is 4.39 Å². The van der Waals surface area contributed by atoms with Crippen LogP contribution in [0.1, 0.15) is 12.5 Å². The molecule has 4 aromatic rings. The summed E-state index contributed by atoms with van der Waals surface area (Å²) >= 11 is 0. The van der Waals surface area contributed by atoms with Gasteiger partial charge in [-0.3, -0.25) is 0 Å². The molecule has 0 aliphatic heterocycles. The molecule has 0 radical (unpaired) electrons. The maximum atomic E-state index is 15.0. The summed E-state index contributed by atoms with van der Waals surface area (Å²) in [5.41, 5.74) is 3.86. The topological polar surface area (TPSA) is 0 Å². The van der Waals surface area contributed by atoms with E-state index in [-0.39, 0.29) is 11.6 Å². The zero-order chi connectivity index (χ0) is 18.1. The molecule has 4 aromatic carbocycles. The largest absolute Gasteiger partial charge is 0.206 e. The Morgan fingerprint density at radius 2 is 1.38 bits per heavy atom. The summed E-state index contributed by atoms with van der Waals surface area (Å²) in [5.74, 6) is -0.479. The lowest BCUT2D eigenvalue weighted by Crippen LogP contribution is -1.89. The standard InChI is InChI=1S/C24H18F2/c1-2-16-7-13-22-19(15-16)12-14-21(24(22)26)18-10-8-17(9-11-18)20-5-3-4-6-23(20)25/h3-15H,2H2,1H3. The Balaban J connectivity index is 1.76. The first-order valence-corrected chi connectivity index (χ1v) is 8.74. The molecule has 2 heteroatoms. The van der Waals surface area contributed by atoms with Crippen LogP contribution in [0.2, 0.25) is 0 Å². The van der Waals surface area contributed by atoms with Crippen LogP contribution in [-0.2, 0) is 6.42 Å². The molecule has 128 valence electrons. The van der Waals surface area contributed by atoms with Crippen LogP contribution in [0.15, 0.2) is 78.9 Å². The average molecular weight is 344 g/mol. The minimum absolute atomic E-state index is 0.219. The molecule has 4 rings (SSSR count). The second-order valence-corrected chi connectivity index (χ2v) is 6.39. The van der Waals surface area contributed by atoms with E-state index in [1.807, 2.05) is 54.6 Å². The van der Waals surface area contributed by atoms with Crippen molar-refractivity contribution in [2.24, 2.45) is 0 Å². The van der Waals surface area contributed by atoms with Crippen molar-refractivity contribution in [2.75, 3.05) is 0 Å². The summed E-state index contributed by atoms with van der Waals surface area (Å²) in [4.78, 5) is 0. The second kappa shape index (κ2) is 6.72. The first-order chi connectivity index (χ1) is 12.7. The number of benzene rings is 4. The summed E-state index contributed by atoms with van der Waals surface area (Å²) in [6.45, 7) is 2.09. The smallest absolute Gasteiger partial charge is 0.138 e. The SMILES string of the molecule is CCc1ccc2c(F)c(-c3ccc(-c4ccccc4F)cc3)ccc2c1. The van der Waals surface area contributed by atoms with Gasteiger partial charge in [0.15, 0.2) is 0 Å². The van der Waals surface area contributed by atoms with Gasteiger partial charge in [0.2, 0.25) is 0 Å². The Morgan fingerprint density at radius 3 is 2.08 bits per heavy atom. The van der Waals surface area contributed by atoms with E-state index in [1.165, 1.54) is 11.6 Å². The molecule has 0 bridgehead atoms. The predicted molar refractivity (Wildman–Crippen MR) is 104 cm³/mol. The van der Waals surface area contributed by atoms with Crippen LogP contribution in [0.4, 0.5) is 8.78 Å². The van der Waals surface area contributed by atoms with Crippen LogP contribution in [0.5, 0.6) is 0 Å². The molecule has 0 aliphatic rings. The molecule has 0 heterocycles. The minimum atomic E-state index is -0.260. The maximum absolute atomic E-state index is 15.0. The number of halogens is 2. The van der Waals surface area contributed by atoms with Gasteiger partial charge in [-0.15, -0.1) is 0 Å². The van der Waals surface area contributed by atoms with Gasteiger partial charge in [0.1, 0.15) is 11.6 Å². The first kappa shape index (κ1) is 16.5. The highest BCUT2D eigenvalue weighted by molar-refractivity contribution is 5.89. The van der Waals surface area contributed by atoms with Crippen molar-refractivity contribution in [3.05, 3.63) is 96.1 Å². The molecule has 26 heavy (non-hydrogen) atoms. The number of aryl methyl sites for hydroxylation is 1. The van der Waals surface area contributed by atoms with Crippen LogP contribution < -0.4 is 0 Å². The van der Waals surface area contributed by atoms with E-state index < -0.39 is 0 Å². The van der Waals surface area contributed by atoms with Crippen LogP contribution in [0, 0.1) is 11.6 Å². The van der Waals surface area contributed by atoms with Crippen molar-refractivity contribution in [1.29, 1.82) is 0 Å². The molecule has 0 spiro atoms. The van der Waals surface area contributed by atoms with Crippen molar-refractivity contribution < 1.29 is 8.78 Å². The maximum Gasteiger partial charge on any atom is 0.138 e. The molecule has 0 fully saturated rings. The summed E-state index contributed by atoms with van der Waals surface area (Å²) in [5, 5.41) is 1.53. The molecule has 0 saturated carbocycles. The fourth-order valence-corrected chi connectivity index (χ4v) is 3.31. The Hall–Kier alpha value is -3.00. The first-order valence-electron chi connectivity index (χ1n) is 8.74. The van der Waals surface area contributed by atoms with Crippen molar-refractivity contribution in [1.82, 2.24) is 0 Å². The number of hydrogen-bond acceptors (Lipinski definition) is 0. The fourth-order valence-electron chi connectivity index (χ4n) is 3.31. The quantitative estimate of drug-likeness (QED) is 0.375. The summed E-state index contributed by atoms with van der Waals surface area (Å²) in [6, 6.07) is 23.6. The summed E-state index contributed by atoms with van der Waals surface area (Å²) in [7, 11) is 0. The molecule has 0 amide bonds. The van der Waals surface area contributed by atoms with Gasteiger partial charge in [0, 0.05) is 16.5 Å². The molecule has 0 atom stereocenters. The zero-order valence-electron chi connectivity index (χ0n) is 14.5. The molecule has 0 saturated heterocycles. The van der Waals surface area contributed by atoms with E-state index in [2.05, 4.69) is 6.92 Å². The van der Waals surface area contributed by atoms with Crippen LogP contribution in [0.25, 0.3) is 33.0 Å². The molecule has 0 aromatic heterocycles. The van der Waals surface area contributed by atoms with Gasteiger partial charge in [0.25, 0.3) is 0 Å². The molecule has 0 aliphatic carbocycles. The van der Waals surface area contributed by atoms with E-state index in [4.69, 9.17) is 0 Å². The fraction of sp³-hybridized carbons (Fsp3) is 0.0833. The van der Waals surface area contributed by atoms with E-state index in [0.29, 0.717) is 16.5 Å². The Bertz CT molecular complexity index is 1080.